The molecule has 1 aliphatic heterocycles. The van der Waals surface area contributed by atoms with Crippen LogP contribution in [0, 0.1) is 5.41 Å². The molecule has 2 N–H and O–H groups in total. The summed E-state index contributed by atoms with van der Waals surface area (Å²) in [5, 5.41) is 4.80. The zero-order chi connectivity index (χ0) is 23.9. The number of pyridine rings is 1. The third-order valence-electron chi connectivity index (χ3n) is 5.92. The van der Waals surface area contributed by atoms with Crippen LogP contribution in [0.1, 0.15) is 38.3 Å². The molecule has 0 radical (unpaired) electrons. The molecule has 2 aromatic carbocycles. The van der Waals surface area contributed by atoms with E-state index in [1.165, 1.54) is 5.56 Å². The van der Waals surface area contributed by atoms with Gasteiger partial charge in [-0.05, 0) is 58.3 Å². The van der Waals surface area contributed by atoms with Gasteiger partial charge in [-0.15, -0.1) is 0 Å². The van der Waals surface area contributed by atoms with Gasteiger partial charge < -0.3 is 15.2 Å². The van der Waals surface area contributed by atoms with Crippen LogP contribution in [0.4, 0.5) is 11.5 Å². The van der Waals surface area contributed by atoms with E-state index in [-0.39, 0.29) is 16.9 Å². The molecule has 34 heavy (non-hydrogen) atoms. The lowest BCUT2D eigenvalue weighted by Gasteiger charge is -2.22. The van der Waals surface area contributed by atoms with Crippen molar-refractivity contribution in [2.45, 2.75) is 40.3 Å². The van der Waals surface area contributed by atoms with Crippen LogP contribution in [0.2, 0.25) is 0 Å². The Kier molecular flexibility index (Phi) is 5.40. The van der Waals surface area contributed by atoms with Crippen LogP contribution in [0.15, 0.2) is 65.7 Å². The number of aromatic amines is 1. The smallest absolute Gasteiger partial charge is 0.255 e. The molecule has 5 rings (SSSR count). The Morgan fingerprint density at radius 3 is 2.71 bits per heavy atom. The number of carbonyl (C=O) groups excluding carboxylic acids is 1. The van der Waals surface area contributed by atoms with Gasteiger partial charge in [0.25, 0.3) is 5.56 Å². The van der Waals surface area contributed by atoms with Crippen LogP contribution >= 0.6 is 0 Å². The molecule has 3 heterocycles. The Bertz CT molecular complexity index is 1450. The predicted molar refractivity (Wildman–Crippen MR) is 134 cm³/mol. The van der Waals surface area contributed by atoms with E-state index in [2.05, 4.69) is 48.2 Å². The highest BCUT2D eigenvalue weighted by molar-refractivity contribution is 5.85. The monoisotopic (exact) mass is 453 g/mol. The van der Waals surface area contributed by atoms with E-state index in [4.69, 9.17) is 4.98 Å². The lowest BCUT2D eigenvalue weighted by atomic mass is 9.92. The van der Waals surface area contributed by atoms with E-state index in [1.54, 1.807) is 18.5 Å². The summed E-state index contributed by atoms with van der Waals surface area (Å²) in [6.45, 7) is 7.52. The third-order valence-corrected chi connectivity index (χ3v) is 5.92. The quantitative estimate of drug-likeness (QED) is 0.453. The van der Waals surface area contributed by atoms with Crippen molar-refractivity contribution in [3.05, 3.63) is 82.4 Å². The second-order valence-corrected chi connectivity index (χ2v) is 9.97. The topological polar surface area (TPSA) is 91.0 Å². The van der Waals surface area contributed by atoms with Gasteiger partial charge >= 0.3 is 0 Å². The van der Waals surface area contributed by atoms with Crippen molar-refractivity contribution in [1.29, 1.82) is 0 Å². The number of nitrogens with zero attached hydrogens (tertiary/aromatic N) is 3. The molecule has 2 aromatic heterocycles. The fourth-order valence-corrected chi connectivity index (χ4v) is 4.26. The number of fused-ring (bicyclic) bond motifs is 2. The maximum Gasteiger partial charge on any atom is 0.255 e. The number of hydrogen-bond donors (Lipinski definition) is 2. The van der Waals surface area contributed by atoms with E-state index in [9.17, 15) is 9.59 Å². The van der Waals surface area contributed by atoms with Crippen LogP contribution in [0.25, 0.3) is 22.2 Å². The summed E-state index contributed by atoms with van der Waals surface area (Å²) in [6, 6.07) is 15.4. The number of aromatic nitrogens is 3. The Labute approximate surface area is 197 Å². The first-order valence-electron chi connectivity index (χ1n) is 11.4. The van der Waals surface area contributed by atoms with Gasteiger partial charge in [0.05, 0.1) is 0 Å². The lowest BCUT2D eigenvalue weighted by molar-refractivity contribution is -0.133. The number of rotatable bonds is 4. The van der Waals surface area contributed by atoms with Gasteiger partial charge in [0.1, 0.15) is 5.82 Å². The summed E-state index contributed by atoms with van der Waals surface area (Å²) in [4.78, 5) is 38.4. The van der Waals surface area contributed by atoms with Gasteiger partial charge in [-0.2, -0.15) is 0 Å². The summed E-state index contributed by atoms with van der Waals surface area (Å²) < 4.78 is 0. The van der Waals surface area contributed by atoms with Crippen molar-refractivity contribution in [1.82, 2.24) is 19.9 Å². The fraction of sp³-hybridized carbons (Fsp3) is 0.259. The normalized spacial score (nSPS) is 13.2. The van der Waals surface area contributed by atoms with Crippen molar-refractivity contribution in [2.75, 3.05) is 5.32 Å². The molecule has 0 spiro atoms. The summed E-state index contributed by atoms with van der Waals surface area (Å²) in [5.41, 5.74) is 3.93. The van der Waals surface area contributed by atoms with Crippen LogP contribution in [0.3, 0.4) is 0 Å². The lowest BCUT2D eigenvalue weighted by Crippen LogP contribution is -2.28. The minimum atomic E-state index is -0.108. The molecule has 0 bridgehead atoms. The average Bonchev–Trinajstić information content (AvgIpc) is 3.22. The van der Waals surface area contributed by atoms with Crippen LogP contribution in [0.5, 0.6) is 0 Å². The van der Waals surface area contributed by atoms with Gasteiger partial charge in [0, 0.05) is 48.5 Å². The van der Waals surface area contributed by atoms with Crippen molar-refractivity contribution in [2.24, 2.45) is 5.41 Å². The van der Waals surface area contributed by atoms with Gasteiger partial charge in [-0.1, -0.05) is 32.9 Å². The van der Waals surface area contributed by atoms with Crippen LogP contribution < -0.4 is 10.9 Å². The molecule has 0 unspecified atom stereocenters. The first-order chi connectivity index (χ1) is 16.2. The Morgan fingerprint density at radius 2 is 1.88 bits per heavy atom. The van der Waals surface area contributed by atoms with Crippen molar-refractivity contribution in [3.8, 4) is 11.4 Å². The van der Waals surface area contributed by atoms with Crippen molar-refractivity contribution < 1.29 is 4.79 Å². The van der Waals surface area contributed by atoms with Crippen molar-refractivity contribution in [3.63, 3.8) is 0 Å². The number of anilines is 2. The Morgan fingerprint density at radius 1 is 1.06 bits per heavy atom. The highest BCUT2D eigenvalue weighted by Gasteiger charge is 2.27. The molecule has 7 heteroatoms. The van der Waals surface area contributed by atoms with Crippen LogP contribution in [-0.2, 0) is 17.9 Å². The van der Waals surface area contributed by atoms with E-state index >= 15 is 0 Å². The molecule has 7 nitrogen and oxygen atoms in total. The first kappa shape index (κ1) is 21.8. The Balaban J connectivity index is 1.35. The minimum absolute atomic E-state index is 0.0287. The molecular weight excluding hydrogens is 426 g/mol. The maximum absolute atomic E-state index is 12.7. The zero-order valence-electron chi connectivity index (χ0n) is 19.6. The number of hydrogen-bond acceptors (Lipinski definition) is 5. The SMILES string of the molecule is CC(C)(C)CC(=O)N1Cc2ccc(-c3nccc(Nc4ccc5c(=O)[nH]ccc5c4)n3)cc2C1. The van der Waals surface area contributed by atoms with Crippen molar-refractivity contribution >= 4 is 28.2 Å². The van der Waals surface area contributed by atoms with Crippen LogP contribution in [-0.4, -0.2) is 25.8 Å². The second kappa shape index (κ2) is 8.41. The number of benzene rings is 2. The highest BCUT2D eigenvalue weighted by atomic mass is 16.2. The van der Waals surface area contributed by atoms with E-state index in [0.717, 1.165) is 22.2 Å². The molecule has 0 atom stereocenters. The molecule has 0 saturated heterocycles. The summed E-state index contributed by atoms with van der Waals surface area (Å²) >= 11 is 0. The molecular formula is C27H27N5O2. The summed E-state index contributed by atoms with van der Waals surface area (Å²) in [7, 11) is 0. The fourth-order valence-electron chi connectivity index (χ4n) is 4.26. The van der Waals surface area contributed by atoms with E-state index in [0.29, 0.717) is 36.5 Å². The standard InChI is InChI=1S/C27H27N5O2/c1-27(2,3)14-24(33)32-15-19-5-4-18(12-20(19)16-32)25-28-11-9-23(31-25)30-21-6-7-22-17(13-21)8-10-29-26(22)34/h4-13H,14-16H2,1-3H3,(H,29,34)(H,28,30,31). The molecule has 0 aliphatic carbocycles. The molecule has 4 aromatic rings. The van der Waals surface area contributed by atoms with Gasteiger partial charge in [0.15, 0.2) is 5.82 Å². The van der Waals surface area contributed by atoms with Gasteiger partial charge in [-0.3, -0.25) is 9.59 Å². The third kappa shape index (κ3) is 4.55. The molecule has 0 saturated carbocycles. The number of carbonyl (C=O) groups is 1. The average molecular weight is 454 g/mol. The van der Waals surface area contributed by atoms with E-state index < -0.39 is 0 Å². The maximum atomic E-state index is 12.7. The number of amides is 1. The summed E-state index contributed by atoms with van der Waals surface area (Å²) in [6.07, 6.45) is 3.90. The largest absolute Gasteiger partial charge is 0.340 e. The molecule has 1 aliphatic rings. The van der Waals surface area contributed by atoms with Gasteiger partial charge in [0.2, 0.25) is 5.91 Å². The number of nitrogens with one attached hydrogen (secondary N) is 2. The molecule has 1 amide bonds. The number of H-pyrrole nitrogens is 1. The second-order valence-electron chi connectivity index (χ2n) is 9.97. The molecule has 0 fully saturated rings. The predicted octanol–water partition coefficient (Wildman–Crippen LogP) is 5.01. The first-order valence-corrected chi connectivity index (χ1v) is 11.4. The minimum Gasteiger partial charge on any atom is -0.340 e. The highest BCUT2D eigenvalue weighted by Crippen LogP contribution is 2.30. The van der Waals surface area contributed by atoms with Gasteiger partial charge in [-0.25, -0.2) is 9.97 Å². The Hall–Kier alpha value is -4.00. The zero-order valence-corrected chi connectivity index (χ0v) is 19.6. The molecule has 172 valence electrons. The summed E-state index contributed by atoms with van der Waals surface area (Å²) in [5.74, 6) is 1.46. The van der Waals surface area contributed by atoms with E-state index in [1.807, 2.05) is 35.2 Å².